The van der Waals surface area contributed by atoms with E-state index in [0.717, 1.165) is 0 Å². The highest BCUT2D eigenvalue weighted by molar-refractivity contribution is 7.80. The van der Waals surface area contributed by atoms with Crippen molar-refractivity contribution in [3.05, 3.63) is 0 Å². The first-order valence-corrected chi connectivity index (χ1v) is 31.3. The Hall–Kier alpha value is -6.26. The summed E-state index contributed by atoms with van der Waals surface area (Å²) < 4.78 is 36.4. The molecule has 12 saturated heterocycles. The number of hydrogen-bond acceptors (Lipinski definition) is 20. The van der Waals surface area contributed by atoms with Gasteiger partial charge in [-0.15, -0.1) is 0 Å². The van der Waals surface area contributed by atoms with Crippen molar-refractivity contribution in [3.8, 4) is 0 Å². The average Bonchev–Trinajstić information content (AvgIpc) is 1.46. The van der Waals surface area contributed by atoms with Gasteiger partial charge in [0.2, 0.25) is 47.3 Å². The number of imide groups is 4. The fourth-order valence-corrected chi connectivity index (χ4v) is 25.3. The summed E-state index contributed by atoms with van der Waals surface area (Å²) in [6.45, 7) is -0.249. The molecular formula is C58H64N8O18S2. The lowest BCUT2D eigenvalue weighted by atomic mass is 9.47. The Kier molecular flexibility index (Phi) is 10.9. The number of nitrogens with zero attached hydrogens (tertiary/aromatic N) is 4. The fourth-order valence-electron chi connectivity index (χ4n) is 24.9. The number of ether oxygens (including phenoxy) is 6. The van der Waals surface area contributed by atoms with Gasteiger partial charge in [-0.2, -0.15) is 0 Å². The van der Waals surface area contributed by atoms with Gasteiger partial charge in [0.1, 0.15) is 0 Å². The summed E-state index contributed by atoms with van der Waals surface area (Å²) >= 11 is 11.3. The summed E-state index contributed by atoms with van der Waals surface area (Å²) in [4.78, 5) is 181. The van der Waals surface area contributed by atoms with Crippen molar-refractivity contribution in [2.24, 2.45) is 142 Å². The highest BCUT2D eigenvalue weighted by atomic mass is 32.1. The van der Waals surface area contributed by atoms with Crippen LogP contribution in [0.4, 0.5) is 0 Å². The second-order valence-corrected chi connectivity index (χ2v) is 28.5. The monoisotopic (exact) mass is 1220 g/mol. The van der Waals surface area contributed by atoms with Gasteiger partial charge < -0.3 is 49.7 Å². The number of rotatable bonds is 4. The van der Waals surface area contributed by atoms with Crippen molar-refractivity contribution in [2.45, 2.75) is 48.1 Å². The van der Waals surface area contributed by atoms with Gasteiger partial charge in [-0.05, 0) is 97.5 Å². The van der Waals surface area contributed by atoms with E-state index in [1.807, 2.05) is 0 Å². The van der Waals surface area contributed by atoms with Crippen molar-refractivity contribution < 1.29 is 86.0 Å². The molecule has 8 saturated carbocycles. The van der Waals surface area contributed by atoms with E-state index in [2.05, 4.69) is 21.3 Å². The molecule has 8 amide bonds. The quantitative estimate of drug-likeness (QED) is 0.0923. The lowest BCUT2D eigenvalue weighted by Gasteiger charge is -2.51. The molecule has 26 nitrogen and oxygen atoms in total. The molecule has 0 aromatic heterocycles. The topological polar surface area (TPSA) is 321 Å². The molecule has 24 bridgehead atoms. The van der Waals surface area contributed by atoms with Crippen LogP contribution >= 0.6 is 24.4 Å². The molecule has 28 atom stereocenters. The lowest BCUT2D eigenvalue weighted by Crippen LogP contribution is -2.64. The Morgan fingerprint density at radius 2 is 0.512 bits per heavy atom. The predicted octanol–water partition coefficient (Wildman–Crippen LogP) is -3.40. The van der Waals surface area contributed by atoms with Gasteiger partial charge in [0.15, 0.2) is 32.6 Å². The second kappa shape index (κ2) is 17.3. The standard InChI is InChI=1S/C58H64N8O18S2/c1-79-49(75)55-33-17-13-19-27-25(17)41(67)63(43(27)69)9-5-59-53(85)61-7-11-65-45(71)29-21-15-23(31(29)47(65)73)39-37(21)57(51(77)81-3)38-22-16-24(40(38)58(39,84-57)52(78)82-4)32-30(22)46(72)66(48(32)74)12-8-62-54(86)60-6-10-64-42(68)26-18-14-20(28(26)44(64)70)36(34(18)55)56(83-55,35(19)33)50(76)80-2/h17-40H,5-16H2,1-4H3,(H2,59,61,85)(H2,60,62,86)/t17-,18+,19+,20-,21-,22+,23+,24-,25-,26+,27+,28-,29-,30+,31+,32-,33-,34+,35+,36-,37-,38+,39+,40-,55?,56?,57?,58?. The summed E-state index contributed by atoms with van der Waals surface area (Å²) in [6, 6.07) is 0. The molecule has 12 heterocycles. The number of hydrogen-bond donors (Lipinski definition) is 4. The van der Waals surface area contributed by atoms with Crippen LogP contribution in [0.25, 0.3) is 0 Å². The van der Waals surface area contributed by atoms with E-state index >= 15 is 0 Å². The van der Waals surface area contributed by atoms with Crippen molar-refractivity contribution in [3.63, 3.8) is 0 Å². The molecule has 8 aliphatic carbocycles. The number of methoxy groups -OCH3 is 4. The van der Waals surface area contributed by atoms with E-state index in [4.69, 9.17) is 52.9 Å². The van der Waals surface area contributed by atoms with Crippen LogP contribution in [0.5, 0.6) is 0 Å². The highest BCUT2D eigenvalue weighted by Gasteiger charge is 2.95. The first-order valence-electron chi connectivity index (χ1n) is 30.5. The van der Waals surface area contributed by atoms with Crippen LogP contribution in [0.3, 0.4) is 0 Å². The van der Waals surface area contributed by atoms with E-state index in [-0.39, 0.29) is 62.6 Å². The molecule has 20 rings (SSSR count). The second-order valence-electron chi connectivity index (χ2n) is 27.7. The Labute approximate surface area is 501 Å². The van der Waals surface area contributed by atoms with Crippen molar-refractivity contribution in [1.82, 2.24) is 40.9 Å². The van der Waals surface area contributed by atoms with Gasteiger partial charge in [-0.25, -0.2) is 19.2 Å². The van der Waals surface area contributed by atoms with Gasteiger partial charge >= 0.3 is 23.9 Å². The Morgan fingerprint density at radius 3 is 0.663 bits per heavy atom. The molecule has 0 aromatic rings. The Bertz CT molecular complexity index is 2800. The molecule has 4 unspecified atom stereocenters. The molecule has 0 aromatic carbocycles. The third-order valence-corrected chi connectivity index (χ3v) is 26.8. The molecule has 20 aliphatic rings. The molecule has 4 N–H and O–H groups in total. The molecule has 456 valence electrons. The van der Waals surface area contributed by atoms with Crippen LogP contribution in [0.15, 0.2) is 0 Å². The predicted molar refractivity (Wildman–Crippen MR) is 287 cm³/mol. The fraction of sp³-hybridized carbons (Fsp3) is 0.759. The van der Waals surface area contributed by atoms with E-state index in [1.165, 1.54) is 48.0 Å². The normalized spacial score (nSPS) is 51.3. The van der Waals surface area contributed by atoms with Gasteiger partial charge in [0, 0.05) is 99.7 Å². The van der Waals surface area contributed by atoms with Crippen LogP contribution in [-0.2, 0) is 86.0 Å². The van der Waals surface area contributed by atoms with Crippen molar-refractivity contribution >= 4 is 106 Å². The van der Waals surface area contributed by atoms with Gasteiger partial charge in [0.05, 0.1) is 75.8 Å². The minimum Gasteiger partial charge on any atom is -0.467 e. The highest BCUT2D eigenvalue weighted by Crippen LogP contribution is 2.85. The summed E-state index contributed by atoms with van der Waals surface area (Å²) in [5, 5.41) is 12.4. The first kappa shape index (κ1) is 53.9. The largest absolute Gasteiger partial charge is 0.467 e. The van der Waals surface area contributed by atoms with E-state index in [1.54, 1.807) is 0 Å². The molecule has 86 heavy (non-hydrogen) atoms. The van der Waals surface area contributed by atoms with Crippen LogP contribution in [0, 0.1) is 142 Å². The van der Waals surface area contributed by atoms with E-state index in [9.17, 15) is 57.5 Å². The minimum absolute atomic E-state index is 0.0246. The van der Waals surface area contributed by atoms with Gasteiger partial charge in [-0.1, -0.05) is 0 Å². The zero-order chi connectivity index (χ0) is 59.8. The number of amides is 8. The van der Waals surface area contributed by atoms with E-state index < -0.39 is 236 Å². The summed E-state index contributed by atoms with van der Waals surface area (Å²) in [7, 11) is 4.93. The molecule has 0 spiro atoms. The third-order valence-electron chi connectivity index (χ3n) is 26.2. The smallest absolute Gasteiger partial charge is 0.338 e. The zero-order valence-electron chi connectivity index (χ0n) is 47.3. The number of carbonyl (C=O) groups excluding carboxylic acids is 12. The lowest BCUT2D eigenvalue weighted by molar-refractivity contribution is -0.189. The summed E-state index contributed by atoms with van der Waals surface area (Å²) in [6.07, 6.45) is 1.45. The number of nitrogens with one attached hydrogen (secondary N) is 4. The Morgan fingerprint density at radius 1 is 0.349 bits per heavy atom. The molecule has 0 radical (unpaired) electrons. The summed E-state index contributed by atoms with van der Waals surface area (Å²) in [5.41, 5.74) is -7.16. The molecular weight excluding hydrogens is 1160 g/mol. The number of carbonyl (C=O) groups is 12. The maximum atomic E-state index is 14.7. The van der Waals surface area contributed by atoms with Crippen molar-refractivity contribution in [2.75, 3.05) is 80.8 Å². The number of esters is 4. The Balaban J connectivity index is 0.680. The average molecular weight is 1230 g/mol. The summed E-state index contributed by atoms with van der Waals surface area (Å²) in [5.74, 6) is -23.7. The SMILES string of the molecule is COC(=O)C12OC3(C(=O)OC)[C@@H]4[C@@H]5C[C@@H]([C@@H]6C(=O)N(CCNC(=S)NCCN7C(=O)[C@@H]8[C@H]9C[C@@H]([C@@H]8C7=O)[C@H]7[C@@H]9C8(C(=O)OC)OC7(C(=O)OC)[C@@H]7[C@@H]9C[C@@H]([C@@H]%10C(=O)N(CCNC(=S)NCCN%11C(=O)[C@@H]%12[C@H]%13C[C@@H]([C@@H]%12C%11=O)[C@H]3[C@@H]%131)C(=O)[C@H]9%10)[C@@H]78)C(=O)[C@H]56)[C@@H]42. The van der Waals surface area contributed by atoms with Crippen LogP contribution in [0.1, 0.15) is 25.7 Å². The zero-order valence-corrected chi connectivity index (χ0v) is 48.9. The van der Waals surface area contributed by atoms with Crippen LogP contribution < -0.4 is 21.3 Å². The maximum absolute atomic E-state index is 14.7. The minimum atomic E-state index is -1.79. The first-order chi connectivity index (χ1) is 41.3. The van der Waals surface area contributed by atoms with E-state index in [0.29, 0.717) is 25.7 Å². The third kappa shape index (κ3) is 5.61. The van der Waals surface area contributed by atoms with Crippen LogP contribution in [-0.4, -0.2) is 204 Å². The van der Waals surface area contributed by atoms with Crippen molar-refractivity contribution in [1.29, 1.82) is 0 Å². The van der Waals surface area contributed by atoms with Gasteiger partial charge in [0.25, 0.3) is 0 Å². The maximum Gasteiger partial charge on any atom is 0.338 e. The van der Waals surface area contributed by atoms with Gasteiger partial charge in [-0.3, -0.25) is 58.0 Å². The van der Waals surface area contributed by atoms with Crippen LogP contribution in [0.2, 0.25) is 0 Å². The molecule has 28 heteroatoms. The molecule has 12 aliphatic heterocycles. The number of thiocarbonyl (C=S) groups is 2. The molecule has 20 fully saturated rings.